The molecular weight excluding hydrogens is 236 g/mol. The number of nitrogens with zero attached hydrogens (tertiary/aromatic N) is 1. The van der Waals surface area contributed by atoms with Gasteiger partial charge in [-0.3, -0.25) is 4.90 Å². The van der Waals surface area contributed by atoms with Crippen molar-refractivity contribution in [1.29, 1.82) is 0 Å². The first-order chi connectivity index (χ1) is 9.04. The smallest absolute Gasteiger partial charge is 0.123 e. The summed E-state index contributed by atoms with van der Waals surface area (Å²) < 4.78 is 5.49. The number of benzene rings is 1. The van der Waals surface area contributed by atoms with Crippen LogP contribution in [0.15, 0.2) is 18.2 Å². The third-order valence-electron chi connectivity index (χ3n) is 3.88. The summed E-state index contributed by atoms with van der Waals surface area (Å²) in [6.07, 6.45) is 1.28. The van der Waals surface area contributed by atoms with Gasteiger partial charge in [-0.2, -0.15) is 0 Å². The fraction of sp³-hybridized carbons (Fsp3) is 0.625. The van der Waals surface area contributed by atoms with Gasteiger partial charge in [0, 0.05) is 25.2 Å². The van der Waals surface area contributed by atoms with Crippen molar-refractivity contribution in [2.45, 2.75) is 33.4 Å². The molecule has 19 heavy (non-hydrogen) atoms. The van der Waals surface area contributed by atoms with Crippen LogP contribution in [-0.2, 0) is 13.1 Å². The van der Waals surface area contributed by atoms with Gasteiger partial charge in [-0.1, -0.05) is 19.9 Å². The first-order valence-corrected chi connectivity index (χ1v) is 7.07. The van der Waals surface area contributed by atoms with E-state index in [4.69, 9.17) is 4.74 Å². The standard InChI is InChI=1S/C16H26N2O/c1-16(2)7-8-18(12-16)11-14-9-13(10-17-3)5-6-15(14)19-4/h5-6,9,17H,7-8,10-12H2,1-4H3. The SMILES string of the molecule is CNCc1ccc(OC)c(CN2CCC(C)(C)C2)c1. The van der Waals surface area contributed by atoms with Crippen LogP contribution >= 0.6 is 0 Å². The fourth-order valence-electron chi connectivity index (χ4n) is 2.87. The van der Waals surface area contributed by atoms with Gasteiger partial charge in [-0.25, -0.2) is 0 Å². The summed E-state index contributed by atoms with van der Waals surface area (Å²) in [4.78, 5) is 2.53. The van der Waals surface area contributed by atoms with E-state index in [2.05, 4.69) is 42.3 Å². The van der Waals surface area contributed by atoms with E-state index in [1.807, 2.05) is 7.05 Å². The highest BCUT2D eigenvalue weighted by molar-refractivity contribution is 5.37. The zero-order valence-corrected chi connectivity index (χ0v) is 12.6. The molecule has 1 aromatic carbocycles. The van der Waals surface area contributed by atoms with Gasteiger partial charge in [0.05, 0.1) is 7.11 Å². The van der Waals surface area contributed by atoms with Gasteiger partial charge in [-0.15, -0.1) is 0 Å². The molecule has 106 valence electrons. The van der Waals surface area contributed by atoms with E-state index in [1.165, 1.54) is 30.6 Å². The van der Waals surface area contributed by atoms with Crippen molar-refractivity contribution in [3.63, 3.8) is 0 Å². The molecule has 1 fully saturated rings. The molecule has 0 atom stereocenters. The molecule has 0 radical (unpaired) electrons. The number of hydrogen-bond acceptors (Lipinski definition) is 3. The Bertz CT molecular complexity index is 429. The number of hydrogen-bond donors (Lipinski definition) is 1. The van der Waals surface area contributed by atoms with E-state index in [-0.39, 0.29) is 0 Å². The lowest BCUT2D eigenvalue weighted by Gasteiger charge is -2.21. The van der Waals surface area contributed by atoms with Crippen LogP contribution in [0.25, 0.3) is 0 Å². The van der Waals surface area contributed by atoms with Gasteiger partial charge in [-0.05, 0) is 43.1 Å². The molecule has 0 bridgehead atoms. The zero-order chi connectivity index (χ0) is 13.9. The van der Waals surface area contributed by atoms with Crippen molar-refractivity contribution < 1.29 is 4.74 Å². The zero-order valence-electron chi connectivity index (χ0n) is 12.6. The van der Waals surface area contributed by atoms with Gasteiger partial charge in [0.15, 0.2) is 0 Å². The summed E-state index contributed by atoms with van der Waals surface area (Å²) in [6.45, 7) is 8.95. The molecule has 1 heterocycles. The molecule has 3 nitrogen and oxygen atoms in total. The predicted octanol–water partition coefficient (Wildman–Crippen LogP) is 2.65. The normalized spacial score (nSPS) is 18.7. The highest BCUT2D eigenvalue weighted by Gasteiger charge is 2.29. The fourth-order valence-corrected chi connectivity index (χ4v) is 2.87. The molecular formula is C16H26N2O. The molecule has 0 unspecified atom stereocenters. The van der Waals surface area contributed by atoms with Crippen LogP contribution in [0.3, 0.4) is 0 Å². The number of ether oxygens (including phenoxy) is 1. The summed E-state index contributed by atoms with van der Waals surface area (Å²) in [6, 6.07) is 6.48. The van der Waals surface area contributed by atoms with Crippen LogP contribution in [-0.4, -0.2) is 32.1 Å². The summed E-state index contributed by atoms with van der Waals surface area (Å²) in [5.74, 6) is 1.00. The second kappa shape index (κ2) is 5.93. The second-order valence-electron chi connectivity index (χ2n) is 6.30. The van der Waals surface area contributed by atoms with Crippen LogP contribution < -0.4 is 10.1 Å². The van der Waals surface area contributed by atoms with Crippen molar-refractivity contribution >= 4 is 0 Å². The Kier molecular flexibility index (Phi) is 4.48. The predicted molar refractivity (Wildman–Crippen MR) is 79.4 cm³/mol. The summed E-state index contributed by atoms with van der Waals surface area (Å²) >= 11 is 0. The molecule has 3 heteroatoms. The monoisotopic (exact) mass is 262 g/mol. The van der Waals surface area contributed by atoms with Gasteiger partial charge < -0.3 is 10.1 Å². The molecule has 1 N–H and O–H groups in total. The summed E-state index contributed by atoms with van der Waals surface area (Å²) in [7, 11) is 3.73. The molecule has 0 aliphatic carbocycles. The average molecular weight is 262 g/mol. The number of likely N-dealkylation sites (tertiary alicyclic amines) is 1. The largest absolute Gasteiger partial charge is 0.496 e. The van der Waals surface area contributed by atoms with Gasteiger partial charge in [0.2, 0.25) is 0 Å². The minimum absolute atomic E-state index is 0.454. The van der Waals surface area contributed by atoms with Gasteiger partial charge in [0.1, 0.15) is 5.75 Å². The number of rotatable bonds is 5. The third kappa shape index (κ3) is 3.71. The maximum atomic E-state index is 5.49. The van der Waals surface area contributed by atoms with Gasteiger partial charge in [0.25, 0.3) is 0 Å². The lowest BCUT2D eigenvalue weighted by molar-refractivity contribution is 0.279. The van der Waals surface area contributed by atoms with Crippen molar-refractivity contribution in [3.05, 3.63) is 29.3 Å². The van der Waals surface area contributed by atoms with Crippen molar-refractivity contribution in [2.75, 3.05) is 27.2 Å². The molecule has 2 rings (SSSR count). The minimum atomic E-state index is 0.454. The Morgan fingerprint density at radius 3 is 2.74 bits per heavy atom. The van der Waals surface area contributed by atoms with Gasteiger partial charge >= 0.3 is 0 Å². The van der Waals surface area contributed by atoms with Crippen LogP contribution in [0.1, 0.15) is 31.4 Å². The molecule has 0 spiro atoms. The summed E-state index contributed by atoms with van der Waals surface area (Å²) in [5.41, 5.74) is 3.07. The minimum Gasteiger partial charge on any atom is -0.496 e. The number of nitrogens with one attached hydrogen (secondary N) is 1. The highest BCUT2D eigenvalue weighted by Crippen LogP contribution is 2.31. The Morgan fingerprint density at radius 1 is 1.37 bits per heavy atom. The third-order valence-corrected chi connectivity index (χ3v) is 3.88. The molecule has 1 aliphatic rings. The molecule has 1 saturated heterocycles. The molecule has 0 saturated carbocycles. The Balaban J connectivity index is 2.11. The average Bonchev–Trinajstić information content (AvgIpc) is 2.69. The van der Waals surface area contributed by atoms with Crippen LogP contribution in [0.4, 0.5) is 0 Å². The second-order valence-corrected chi connectivity index (χ2v) is 6.30. The highest BCUT2D eigenvalue weighted by atomic mass is 16.5. The van der Waals surface area contributed by atoms with E-state index < -0.39 is 0 Å². The quantitative estimate of drug-likeness (QED) is 0.883. The van der Waals surface area contributed by atoms with Crippen molar-refractivity contribution in [3.8, 4) is 5.75 Å². The van der Waals surface area contributed by atoms with Crippen LogP contribution in [0.2, 0.25) is 0 Å². The van der Waals surface area contributed by atoms with Crippen molar-refractivity contribution in [1.82, 2.24) is 10.2 Å². The Morgan fingerprint density at radius 2 is 2.16 bits per heavy atom. The van der Waals surface area contributed by atoms with Crippen molar-refractivity contribution in [2.24, 2.45) is 5.41 Å². The lowest BCUT2D eigenvalue weighted by atomic mass is 9.93. The van der Waals surface area contributed by atoms with E-state index >= 15 is 0 Å². The molecule has 1 aromatic rings. The van der Waals surface area contributed by atoms with Crippen LogP contribution in [0.5, 0.6) is 5.75 Å². The van der Waals surface area contributed by atoms with E-state index in [0.29, 0.717) is 5.41 Å². The molecule has 0 amide bonds. The van der Waals surface area contributed by atoms with E-state index in [1.54, 1.807) is 7.11 Å². The van der Waals surface area contributed by atoms with E-state index in [9.17, 15) is 0 Å². The first kappa shape index (κ1) is 14.4. The molecule has 1 aliphatic heterocycles. The van der Waals surface area contributed by atoms with E-state index in [0.717, 1.165) is 18.8 Å². The summed E-state index contributed by atoms with van der Waals surface area (Å²) in [5, 5.41) is 3.20. The van der Waals surface area contributed by atoms with Crippen LogP contribution in [0, 0.1) is 5.41 Å². The Labute approximate surface area is 116 Å². The maximum Gasteiger partial charge on any atom is 0.123 e. The first-order valence-electron chi connectivity index (χ1n) is 7.07. The lowest BCUT2D eigenvalue weighted by Crippen LogP contribution is -2.23. The number of methoxy groups -OCH3 is 1. The maximum absolute atomic E-state index is 5.49. The Hall–Kier alpha value is -1.06. The topological polar surface area (TPSA) is 24.5 Å². The molecule has 0 aromatic heterocycles.